The molecule has 1 saturated carbocycles. The highest BCUT2D eigenvalue weighted by Gasteiger charge is 2.36. The van der Waals surface area contributed by atoms with Gasteiger partial charge < -0.3 is 20.5 Å². The van der Waals surface area contributed by atoms with Crippen LogP contribution in [-0.4, -0.2) is 38.3 Å². The van der Waals surface area contributed by atoms with Crippen LogP contribution < -0.4 is 15.8 Å². The molecular weight excluding hydrogens is 352 g/mol. The molecule has 1 heterocycles. The number of nitrogens with two attached hydrogens (primary N) is 1. The number of carbonyl (C=O) groups is 1. The number of ether oxygens (including phenoxy) is 2. The Morgan fingerprint density at radius 3 is 2.50 bits per heavy atom. The van der Waals surface area contributed by atoms with Crippen LogP contribution in [0.1, 0.15) is 50.5 Å². The first-order chi connectivity index (χ1) is 12.2. The molecule has 6 heteroatoms. The molecule has 0 spiro atoms. The average Bonchev–Trinajstić information content (AvgIpc) is 3.16. The van der Waals surface area contributed by atoms with Crippen LogP contribution in [0.2, 0.25) is 0 Å². The van der Waals surface area contributed by atoms with Gasteiger partial charge in [0.1, 0.15) is 11.9 Å². The van der Waals surface area contributed by atoms with Crippen molar-refractivity contribution in [3.63, 3.8) is 0 Å². The number of amides is 1. The largest absolute Gasteiger partial charge is 0.497 e. The van der Waals surface area contributed by atoms with E-state index in [1.165, 1.54) is 24.8 Å². The molecule has 3 rings (SSSR count). The Morgan fingerprint density at radius 2 is 1.92 bits per heavy atom. The van der Waals surface area contributed by atoms with Crippen molar-refractivity contribution in [2.75, 3.05) is 20.2 Å². The average molecular weight is 383 g/mol. The number of hydrogen-bond acceptors (Lipinski definition) is 4. The van der Waals surface area contributed by atoms with E-state index in [2.05, 4.69) is 17.4 Å². The molecule has 0 radical (unpaired) electrons. The van der Waals surface area contributed by atoms with Crippen molar-refractivity contribution in [3.05, 3.63) is 29.8 Å². The summed E-state index contributed by atoms with van der Waals surface area (Å²) in [6.45, 7) is 1.16. The number of hydrogen-bond donors (Lipinski definition) is 2. The lowest BCUT2D eigenvalue weighted by molar-refractivity contribution is -0.132. The predicted molar refractivity (Wildman–Crippen MR) is 105 cm³/mol. The maximum absolute atomic E-state index is 12.5. The van der Waals surface area contributed by atoms with Gasteiger partial charge in [0.15, 0.2) is 0 Å². The summed E-state index contributed by atoms with van der Waals surface area (Å²) in [4.78, 5) is 12.5. The lowest BCUT2D eigenvalue weighted by atomic mass is 9.69. The van der Waals surface area contributed by atoms with E-state index in [4.69, 9.17) is 15.2 Å². The monoisotopic (exact) mass is 382 g/mol. The molecule has 5 nitrogen and oxygen atoms in total. The molecule has 1 amide bonds. The summed E-state index contributed by atoms with van der Waals surface area (Å²) in [6.07, 6.45) is 7.23. The predicted octanol–water partition coefficient (Wildman–Crippen LogP) is 2.94. The van der Waals surface area contributed by atoms with Gasteiger partial charge in [-0.25, -0.2) is 0 Å². The fraction of sp³-hybridized carbons (Fsp3) is 0.650. The van der Waals surface area contributed by atoms with E-state index >= 15 is 0 Å². The van der Waals surface area contributed by atoms with Crippen LogP contribution in [-0.2, 0) is 14.9 Å². The zero-order valence-corrected chi connectivity index (χ0v) is 16.4. The van der Waals surface area contributed by atoms with Crippen molar-refractivity contribution in [2.45, 2.75) is 62.6 Å². The minimum absolute atomic E-state index is 0. The van der Waals surface area contributed by atoms with Crippen LogP contribution in [0, 0.1) is 0 Å². The van der Waals surface area contributed by atoms with Gasteiger partial charge in [0, 0.05) is 18.5 Å². The number of nitrogens with one attached hydrogen (secondary N) is 1. The molecule has 146 valence electrons. The van der Waals surface area contributed by atoms with Gasteiger partial charge >= 0.3 is 0 Å². The number of methoxy groups -OCH3 is 1. The fourth-order valence-corrected chi connectivity index (χ4v) is 4.18. The molecule has 0 aromatic heterocycles. The van der Waals surface area contributed by atoms with Crippen molar-refractivity contribution >= 4 is 18.3 Å². The van der Waals surface area contributed by atoms with E-state index in [0.29, 0.717) is 13.1 Å². The Hall–Kier alpha value is -1.30. The van der Waals surface area contributed by atoms with Crippen molar-refractivity contribution in [3.8, 4) is 5.75 Å². The van der Waals surface area contributed by atoms with Crippen LogP contribution in [0.15, 0.2) is 24.3 Å². The first kappa shape index (κ1) is 21.0. The molecule has 1 aliphatic heterocycles. The summed E-state index contributed by atoms with van der Waals surface area (Å²) in [5, 5.41) is 3.17. The molecule has 1 aromatic carbocycles. The maximum atomic E-state index is 12.5. The first-order valence-corrected chi connectivity index (χ1v) is 9.45. The Balaban J connectivity index is 0.00000243. The lowest BCUT2D eigenvalue weighted by Gasteiger charge is -2.38. The topological polar surface area (TPSA) is 73.6 Å². The summed E-state index contributed by atoms with van der Waals surface area (Å²) in [6, 6.07) is 8.32. The van der Waals surface area contributed by atoms with Crippen LogP contribution >= 0.6 is 12.4 Å². The Morgan fingerprint density at radius 1 is 1.23 bits per heavy atom. The summed E-state index contributed by atoms with van der Waals surface area (Å²) >= 11 is 0. The van der Waals surface area contributed by atoms with E-state index in [1.807, 2.05) is 12.1 Å². The minimum atomic E-state index is -0.343. The second-order valence-corrected chi connectivity index (χ2v) is 7.35. The standard InChI is InChI=1S/C20H30N2O3.ClH/c1-24-16-7-5-15(6-8-16)20(11-3-2-4-12-20)14-22-19(23)18-10-9-17(13-21)25-18;/h5-8,17-18H,2-4,9-14,21H2,1H3,(H,22,23);1H/t17-,18+;/m1./s1. The minimum Gasteiger partial charge on any atom is -0.497 e. The van der Waals surface area contributed by atoms with Gasteiger partial charge in [-0.2, -0.15) is 0 Å². The van der Waals surface area contributed by atoms with E-state index in [-0.39, 0.29) is 35.9 Å². The first-order valence-electron chi connectivity index (χ1n) is 9.45. The summed E-state index contributed by atoms with van der Waals surface area (Å²) in [5.74, 6) is 0.875. The smallest absolute Gasteiger partial charge is 0.249 e. The van der Waals surface area contributed by atoms with Gasteiger partial charge in [0.2, 0.25) is 5.91 Å². The van der Waals surface area contributed by atoms with Crippen LogP contribution in [0.3, 0.4) is 0 Å². The normalized spacial score (nSPS) is 24.5. The summed E-state index contributed by atoms with van der Waals surface area (Å²) < 4.78 is 11.0. The maximum Gasteiger partial charge on any atom is 0.249 e. The molecule has 0 unspecified atom stereocenters. The van der Waals surface area contributed by atoms with Crippen molar-refractivity contribution in [1.29, 1.82) is 0 Å². The Kier molecular flexibility index (Phi) is 7.74. The van der Waals surface area contributed by atoms with Crippen LogP contribution in [0.4, 0.5) is 0 Å². The van der Waals surface area contributed by atoms with Gasteiger partial charge in [-0.3, -0.25) is 4.79 Å². The zero-order chi connectivity index (χ0) is 17.7. The third-order valence-corrected chi connectivity index (χ3v) is 5.78. The molecule has 2 atom stereocenters. The number of benzene rings is 1. The van der Waals surface area contributed by atoms with Crippen molar-refractivity contribution < 1.29 is 14.3 Å². The van der Waals surface area contributed by atoms with Crippen molar-refractivity contribution in [2.24, 2.45) is 5.73 Å². The lowest BCUT2D eigenvalue weighted by Crippen LogP contribution is -2.45. The van der Waals surface area contributed by atoms with Gasteiger partial charge in [-0.05, 0) is 43.4 Å². The van der Waals surface area contributed by atoms with Crippen molar-refractivity contribution in [1.82, 2.24) is 5.32 Å². The number of halogens is 1. The molecule has 0 bridgehead atoms. The van der Waals surface area contributed by atoms with Gasteiger partial charge in [-0.1, -0.05) is 31.4 Å². The van der Waals surface area contributed by atoms with Crippen LogP contribution in [0.5, 0.6) is 5.75 Å². The fourth-order valence-electron chi connectivity index (χ4n) is 4.18. The highest BCUT2D eigenvalue weighted by atomic mass is 35.5. The second-order valence-electron chi connectivity index (χ2n) is 7.35. The Bertz CT molecular complexity index is 573. The number of carbonyl (C=O) groups excluding carboxylic acids is 1. The molecule has 2 aliphatic rings. The third kappa shape index (κ3) is 4.70. The third-order valence-electron chi connectivity index (χ3n) is 5.78. The number of rotatable bonds is 6. The highest BCUT2D eigenvalue weighted by Crippen LogP contribution is 2.39. The molecule has 26 heavy (non-hydrogen) atoms. The highest BCUT2D eigenvalue weighted by molar-refractivity contribution is 5.85. The summed E-state index contributed by atoms with van der Waals surface area (Å²) in [7, 11) is 1.68. The molecule has 3 N–H and O–H groups in total. The Labute approximate surface area is 162 Å². The molecule has 1 aliphatic carbocycles. The molecule has 2 fully saturated rings. The zero-order valence-electron chi connectivity index (χ0n) is 15.5. The van der Waals surface area contributed by atoms with E-state index in [1.54, 1.807) is 7.11 Å². The molecule has 1 aromatic rings. The quantitative estimate of drug-likeness (QED) is 0.793. The van der Waals surface area contributed by atoms with Gasteiger partial charge in [-0.15, -0.1) is 12.4 Å². The van der Waals surface area contributed by atoms with E-state index < -0.39 is 0 Å². The molecular formula is C20H31ClN2O3. The second kappa shape index (κ2) is 9.58. The van der Waals surface area contributed by atoms with Gasteiger partial charge in [0.25, 0.3) is 0 Å². The van der Waals surface area contributed by atoms with Crippen LogP contribution in [0.25, 0.3) is 0 Å². The van der Waals surface area contributed by atoms with Gasteiger partial charge in [0.05, 0.1) is 13.2 Å². The van der Waals surface area contributed by atoms with E-state index in [0.717, 1.165) is 31.4 Å². The summed E-state index contributed by atoms with van der Waals surface area (Å²) in [5.41, 5.74) is 6.95. The van der Waals surface area contributed by atoms with E-state index in [9.17, 15) is 4.79 Å². The molecule has 1 saturated heterocycles. The SMILES string of the molecule is COc1ccc(C2(CNC(=O)[C@@H]3CC[C@H](CN)O3)CCCCC2)cc1.Cl.